The van der Waals surface area contributed by atoms with Gasteiger partial charge in [0.25, 0.3) is 0 Å². The molecule has 59 heavy (non-hydrogen) atoms. The van der Waals surface area contributed by atoms with Crippen molar-refractivity contribution < 1.29 is 52.4 Å². The highest BCUT2D eigenvalue weighted by molar-refractivity contribution is 5.92. The second kappa shape index (κ2) is 20.4. The summed E-state index contributed by atoms with van der Waals surface area (Å²) >= 11 is 0. The van der Waals surface area contributed by atoms with Gasteiger partial charge in [0, 0.05) is 34.3 Å². The molecule has 1 aliphatic rings. The quantitative estimate of drug-likeness (QED) is 0.0509. The maximum Gasteiger partial charge on any atom is 0.343 e. The molecule has 1 aliphatic carbocycles. The molecule has 11 nitrogen and oxygen atoms in total. The molecule has 1 fully saturated rings. The van der Waals surface area contributed by atoms with Crippen LogP contribution in [0, 0.1) is 5.92 Å². The summed E-state index contributed by atoms with van der Waals surface area (Å²) in [5.41, 5.74) is 4.61. The van der Waals surface area contributed by atoms with Crippen LogP contribution in [-0.4, -0.2) is 49.7 Å². The molecule has 0 spiro atoms. The van der Waals surface area contributed by atoms with Crippen LogP contribution in [-0.2, 0) is 28.7 Å². The minimum atomic E-state index is -0.588. The highest BCUT2D eigenvalue weighted by Gasteiger charge is 2.28. The van der Waals surface area contributed by atoms with E-state index >= 15 is 0 Å². The zero-order valence-corrected chi connectivity index (χ0v) is 33.3. The molecule has 0 unspecified atom stereocenters. The summed E-state index contributed by atoms with van der Waals surface area (Å²) in [6.07, 6.45) is 5.36. The number of rotatable bonds is 19. The number of carbonyl (C=O) groups is 5. The Bertz CT molecular complexity index is 2210. The van der Waals surface area contributed by atoms with Crippen LogP contribution >= 0.6 is 0 Å². The lowest BCUT2D eigenvalue weighted by Gasteiger charge is -2.18. The molecule has 304 valence electrons. The minimum Gasteiger partial charge on any atom is -0.494 e. The van der Waals surface area contributed by atoms with Gasteiger partial charge < -0.3 is 28.4 Å². The molecule has 0 atom stereocenters. The summed E-state index contributed by atoms with van der Waals surface area (Å²) in [6.45, 7) is 15.8. The van der Waals surface area contributed by atoms with Crippen molar-refractivity contribution >= 4 is 35.9 Å². The monoisotopic (exact) mass is 798 g/mol. The van der Waals surface area contributed by atoms with Gasteiger partial charge in [-0.25, -0.2) is 24.0 Å². The van der Waals surface area contributed by atoms with E-state index in [-0.39, 0.29) is 53.1 Å². The van der Waals surface area contributed by atoms with Crippen molar-refractivity contribution in [1.82, 2.24) is 0 Å². The molecule has 0 radical (unpaired) electrons. The van der Waals surface area contributed by atoms with Gasteiger partial charge in [0.05, 0.1) is 25.4 Å². The van der Waals surface area contributed by atoms with E-state index in [4.69, 9.17) is 28.4 Å². The van der Waals surface area contributed by atoms with Crippen LogP contribution in [0.5, 0.6) is 23.0 Å². The Kier molecular flexibility index (Phi) is 14.9. The second-order valence-electron chi connectivity index (χ2n) is 14.2. The molecule has 5 rings (SSSR count). The van der Waals surface area contributed by atoms with E-state index in [1.165, 1.54) is 30.3 Å². The van der Waals surface area contributed by atoms with Crippen molar-refractivity contribution in [2.75, 3.05) is 19.8 Å². The third-order valence-corrected chi connectivity index (χ3v) is 8.97. The fourth-order valence-corrected chi connectivity index (χ4v) is 5.44. The summed E-state index contributed by atoms with van der Waals surface area (Å²) in [4.78, 5) is 61.2. The van der Waals surface area contributed by atoms with Crippen LogP contribution in [0.2, 0.25) is 0 Å². The standard InChI is InChI=1S/C48H46O11/c1-30(2)45(50)55-28-34(29-56-46(51)31(3)4)25-26-54-39-18-14-36(15-19-39)35-10-7-33(8-11-35)9-24-44(49)59-43-23-22-41(27-42(43)37-12-13-37)58-48(53)38-16-20-40(21-17-38)57-47(52)32(5)6/h7-11,14-24,27,34,37H,1,3,5,12-13,25-26,28-29H2,2,4,6H3/b24-9+. The van der Waals surface area contributed by atoms with Gasteiger partial charge in [0.2, 0.25) is 0 Å². The molecule has 0 saturated heterocycles. The Morgan fingerprint density at radius 1 is 0.644 bits per heavy atom. The molecule has 0 aliphatic heterocycles. The highest BCUT2D eigenvalue weighted by Crippen LogP contribution is 2.45. The predicted octanol–water partition coefficient (Wildman–Crippen LogP) is 9.17. The van der Waals surface area contributed by atoms with Crippen LogP contribution in [0.4, 0.5) is 0 Å². The van der Waals surface area contributed by atoms with Gasteiger partial charge in [-0.2, -0.15) is 0 Å². The van der Waals surface area contributed by atoms with Gasteiger partial charge in [0.1, 0.15) is 23.0 Å². The lowest BCUT2D eigenvalue weighted by molar-refractivity contribution is -0.144. The number of hydrogen-bond donors (Lipinski definition) is 0. The lowest BCUT2D eigenvalue weighted by atomic mass is 10.0. The Balaban J connectivity index is 1.11. The molecule has 4 aromatic carbocycles. The van der Waals surface area contributed by atoms with E-state index in [2.05, 4.69) is 19.7 Å². The second-order valence-corrected chi connectivity index (χ2v) is 14.2. The van der Waals surface area contributed by atoms with Crippen LogP contribution < -0.4 is 18.9 Å². The third kappa shape index (κ3) is 13.3. The van der Waals surface area contributed by atoms with E-state index in [1.807, 2.05) is 48.5 Å². The SMILES string of the molecule is C=C(C)C(=O)OCC(CCOc1ccc(-c2ccc(/C=C/C(=O)Oc3ccc(OC(=O)c4ccc(OC(=O)C(=C)C)cc4)cc3C3CC3)cc2)cc1)COC(=O)C(=C)C. The Morgan fingerprint density at radius 3 is 1.75 bits per heavy atom. The fourth-order valence-electron chi connectivity index (χ4n) is 5.44. The van der Waals surface area contributed by atoms with Crippen molar-refractivity contribution in [3.63, 3.8) is 0 Å². The Hall–Kier alpha value is -7.01. The summed E-state index contributed by atoms with van der Waals surface area (Å²) in [5, 5.41) is 0. The zero-order chi connectivity index (χ0) is 42.5. The van der Waals surface area contributed by atoms with Gasteiger partial charge in [-0.1, -0.05) is 56.1 Å². The summed E-state index contributed by atoms with van der Waals surface area (Å²) in [6, 6.07) is 26.2. The molecule has 0 N–H and O–H groups in total. The van der Waals surface area contributed by atoms with Crippen LogP contribution in [0.25, 0.3) is 17.2 Å². The van der Waals surface area contributed by atoms with Crippen LogP contribution in [0.1, 0.15) is 67.4 Å². The number of hydrogen-bond acceptors (Lipinski definition) is 11. The molecular formula is C48H46O11. The molecule has 0 amide bonds. The normalized spacial score (nSPS) is 12.0. The van der Waals surface area contributed by atoms with Gasteiger partial charge in [0.15, 0.2) is 0 Å². The van der Waals surface area contributed by atoms with Gasteiger partial charge in [-0.15, -0.1) is 0 Å². The van der Waals surface area contributed by atoms with Crippen LogP contribution in [0.3, 0.4) is 0 Å². The van der Waals surface area contributed by atoms with E-state index in [9.17, 15) is 24.0 Å². The summed E-state index contributed by atoms with van der Waals surface area (Å²) in [7, 11) is 0. The first-order valence-electron chi connectivity index (χ1n) is 19.0. The van der Waals surface area contributed by atoms with Crippen molar-refractivity contribution in [2.45, 2.75) is 46.0 Å². The van der Waals surface area contributed by atoms with Gasteiger partial charge in [-0.3, -0.25) is 0 Å². The Labute approximate surface area is 343 Å². The maximum absolute atomic E-state index is 12.9. The largest absolute Gasteiger partial charge is 0.494 e. The molecule has 0 bridgehead atoms. The van der Waals surface area contributed by atoms with Crippen molar-refractivity contribution in [3.05, 3.63) is 150 Å². The van der Waals surface area contributed by atoms with Crippen molar-refractivity contribution in [2.24, 2.45) is 5.92 Å². The molecule has 4 aromatic rings. The molecule has 11 heteroatoms. The highest BCUT2D eigenvalue weighted by atomic mass is 16.6. The summed E-state index contributed by atoms with van der Waals surface area (Å²) in [5.74, 6) is -1.15. The molecular weight excluding hydrogens is 753 g/mol. The van der Waals surface area contributed by atoms with E-state index < -0.39 is 29.8 Å². The topological polar surface area (TPSA) is 141 Å². The van der Waals surface area contributed by atoms with Crippen molar-refractivity contribution in [3.8, 4) is 34.1 Å². The first-order chi connectivity index (χ1) is 28.2. The predicted molar refractivity (Wildman–Crippen MR) is 222 cm³/mol. The first-order valence-corrected chi connectivity index (χ1v) is 19.0. The number of carbonyl (C=O) groups excluding carboxylic acids is 5. The summed E-state index contributed by atoms with van der Waals surface area (Å²) < 4.78 is 33.0. The number of ether oxygens (including phenoxy) is 6. The first kappa shape index (κ1) is 43.1. The smallest absolute Gasteiger partial charge is 0.343 e. The van der Waals surface area contributed by atoms with Crippen LogP contribution in [0.15, 0.2) is 134 Å². The van der Waals surface area contributed by atoms with Gasteiger partial charge >= 0.3 is 29.8 Å². The average molecular weight is 799 g/mol. The fraction of sp³-hybridized carbons (Fsp3) is 0.229. The van der Waals surface area contributed by atoms with E-state index in [0.717, 1.165) is 35.1 Å². The number of benzene rings is 4. The lowest BCUT2D eigenvalue weighted by Crippen LogP contribution is -2.23. The average Bonchev–Trinajstić information content (AvgIpc) is 4.07. The molecule has 1 saturated carbocycles. The Morgan fingerprint density at radius 2 is 1.19 bits per heavy atom. The van der Waals surface area contributed by atoms with Crippen molar-refractivity contribution in [1.29, 1.82) is 0 Å². The minimum absolute atomic E-state index is 0.0536. The number of esters is 5. The molecule has 0 heterocycles. The maximum atomic E-state index is 12.9. The zero-order valence-electron chi connectivity index (χ0n) is 33.3. The van der Waals surface area contributed by atoms with E-state index in [1.54, 1.807) is 45.0 Å². The van der Waals surface area contributed by atoms with E-state index in [0.29, 0.717) is 30.3 Å². The molecule has 0 aromatic heterocycles. The third-order valence-electron chi connectivity index (χ3n) is 8.97. The van der Waals surface area contributed by atoms with Gasteiger partial charge in [-0.05, 0) is 123 Å².